The molecule has 1 aliphatic rings. The van der Waals surface area contributed by atoms with E-state index in [-0.39, 0.29) is 0 Å². The van der Waals surface area contributed by atoms with E-state index in [1.807, 2.05) is 6.07 Å². The van der Waals surface area contributed by atoms with Gasteiger partial charge in [-0.1, -0.05) is 0 Å². The molecule has 1 aliphatic heterocycles. The number of nitrogens with one attached hydrogen (secondary N) is 1. The summed E-state index contributed by atoms with van der Waals surface area (Å²) in [6.07, 6.45) is 2.25. The van der Waals surface area contributed by atoms with Crippen LogP contribution in [0, 0.1) is 11.3 Å². The van der Waals surface area contributed by atoms with E-state index in [4.69, 9.17) is 10.00 Å². The average molecular weight is 140 g/mol. The standard InChI is InChI=1S/C7H12N2O/c8-3-4-9-7-2-1-5-10-6-7/h7,9H,1-2,4-6H2. The fraction of sp³-hybridized carbons (Fsp3) is 0.857. The SMILES string of the molecule is N#CCNC1CCCOC1. The van der Waals surface area contributed by atoms with Gasteiger partial charge < -0.3 is 4.74 Å². The number of nitriles is 1. The van der Waals surface area contributed by atoms with Crippen LogP contribution in [0.25, 0.3) is 0 Å². The Bertz CT molecular complexity index is 124. The van der Waals surface area contributed by atoms with Gasteiger partial charge in [0.2, 0.25) is 0 Å². The van der Waals surface area contributed by atoms with Crippen LogP contribution in [0.5, 0.6) is 0 Å². The molecule has 1 atom stereocenters. The van der Waals surface area contributed by atoms with Gasteiger partial charge in [0.15, 0.2) is 0 Å². The number of hydrogen-bond acceptors (Lipinski definition) is 3. The monoisotopic (exact) mass is 140 g/mol. The molecule has 0 aromatic rings. The summed E-state index contributed by atoms with van der Waals surface area (Å²) in [5.41, 5.74) is 0. The molecule has 1 fully saturated rings. The molecule has 56 valence electrons. The fourth-order valence-corrected chi connectivity index (χ4v) is 1.09. The second-order valence-electron chi connectivity index (χ2n) is 2.45. The largest absolute Gasteiger partial charge is 0.380 e. The van der Waals surface area contributed by atoms with E-state index in [1.165, 1.54) is 0 Å². The van der Waals surface area contributed by atoms with Gasteiger partial charge in [0, 0.05) is 12.6 Å². The summed E-state index contributed by atoms with van der Waals surface area (Å²) in [6, 6.07) is 2.46. The van der Waals surface area contributed by atoms with Gasteiger partial charge in [-0.05, 0) is 12.8 Å². The highest BCUT2D eigenvalue weighted by Gasteiger charge is 2.11. The van der Waals surface area contributed by atoms with Crippen LogP contribution >= 0.6 is 0 Å². The molecule has 1 unspecified atom stereocenters. The van der Waals surface area contributed by atoms with Gasteiger partial charge in [-0.3, -0.25) is 5.32 Å². The maximum atomic E-state index is 8.24. The second-order valence-corrected chi connectivity index (χ2v) is 2.45. The minimum absolute atomic E-state index is 0.411. The van der Waals surface area contributed by atoms with Crippen molar-refractivity contribution in [3.8, 4) is 6.07 Å². The maximum absolute atomic E-state index is 8.24. The first-order chi connectivity index (χ1) is 4.93. The molecule has 0 aromatic carbocycles. The van der Waals surface area contributed by atoms with E-state index in [1.54, 1.807) is 0 Å². The Labute approximate surface area is 61.0 Å². The van der Waals surface area contributed by atoms with E-state index in [0.29, 0.717) is 12.6 Å². The lowest BCUT2D eigenvalue weighted by Crippen LogP contribution is -2.36. The van der Waals surface area contributed by atoms with Crippen LogP contribution in [-0.4, -0.2) is 25.8 Å². The van der Waals surface area contributed by atoms with Crippen molar-refractivity contribution in [3.63, 3.8) is 0 Å². The Balaban J connectivity index is 2.09. The summed E-state index contributed by atoms with van der Waals surface area (Å²) >= 11 is 0. The van der Waals surface area contributed by atoms with Crippen molar-refractivity contribution >= 4 is 0 Å². The minimum atomic E-state index is 0.411. The Hall–Kier alpha value is -0.590. The molecule has 1 rings (SSSR count). The molecule has 3 nitrogen and oxygen atoms in total. The molecule has 1 N–H and O–H groups in total. The zero-order chi connectivity index (χ0) is 7.23. The van der Waals surface area contributed by atoms with Gasteiger partial charge in [-0.15, -0.1) is 0 Å². The number of ether oxygens (including phenoxy) is 1. The first-order valence-corrected chi connectivity index (χ1v) is 3.61. The van der Waals surface area contributed by atoms with E-state index < -0.39 is 0 Å². The second kappa shape index (κ2) is 4.26. The zero-order valence-electron chi connectivity index (χ0n) is 5.97. The molecule has 10 heavy (non-hydrogen) atoms. The van der Waals surface area contributed by atoms with Crippen LogP contribution in [0.3, 0.4) is 0 Å². The Morgan fingerprint density at radius 1 is 1.70 bits per heavy atom. The van der Waals surface area contributed by atoms with Crippen molar-refractivity contribution in [1.29, 1.82) is 5.26 Å². The highest BCUT2D eigenvalue weighted by Crippen LogP contribution is 2.04. The first-order valence-electron chi connectivity index (χ1n) is 3.61. The molecule has 0 radical (unpaired) electrons. The van der Waals surface area contributed by atoms with Crippen molar-refractivity contribution in [3.05, 3.63) is 0 Å². The zero-order valence-corrected chi connectivity index (χ0v) is 5.97. The molecular weight excluding hydrogens is 128 g/mol. The smallest absolute Gasteiger partial charge is 0.0843 e. The van der Waals surface area contributed by atoms with E-state index in [0.717, 1.165) is 26.1 Å². The summed E-state index contributed by atoms with van der Waals surface area (Å²) in [5, 5.41) is 11.3. The molecular formula is C7H12N2O. The van der Waals surface area contributed by atoms with Crippen molar-refractivity contribution in [1.82, 2.24) is 5.32 Å². The Morgan fingerprint density at radius 2 is 2.60 bits per heavy atom. The van der Waals surface area contributed by atoms with Crippen molar-refractivity contribution in [2.24, 2.45) is 0 Å². The third-order valence-electron chi connectivity index (χ3n) is 1.63. The summed E-state index contributed by atoms with van der Waals surface area (Å²) < 4.78 is 5.21. The summed E-state index contributed by atoms with van der Waals surface area (Å²) in [4.78, 5) is 0. The third-order valence-corrected chi connectivity index (χ3v) is 1.63. The lowest BCUT2D eigenvalue weighted by Gasteiger charge is -2.21. The van der Waals surface area contributed by atoms with Crippen molar-refractivity contribution in [2.75, 3.05) is 19.8 Å². The average Bonchev–Trinajstić information content (AvgIpc) is 2.03. The molecule has 0 aliphatic carbocycles. The van der Waals surface area contributed by atoms with Gasteiger partial charge in [0.05, 0.1) is 19.2 Å². The topological polar surface area (TPSA) is 45.0 Å². The van der Waals surface area contributed by atoms with Crippen molar-refractivity contribution < 1.29 is 4.74 Å². The Kier molecular flexibility index (Phi) is 3.20. The molecule has 0 amide bonds. The van der Waals surface area contributed by atoms with Crippen molar-refractivity contribution in [2.45, 2.75) is 18.9 Å². The number of rotatable bonds is 2. The lowest BCUT2D eigenvalue weighted by molar-refractivity contribution is 0.0718. The van der Waals surface area contributed by atoms with E-state index in [2.05, 4.69) is 5.32 Å². The maximum Gasteiger partial charge on any atom is 0.0843 e. The van der Waals surface area contributed by atoms with Crippen LogP contribution in [0.1, 0.15) is 12.8 Å². The van der Waals surface area contributed by atoms with Crippen LogP contribution < -0.4 is 5.32 Å². The number of hydrogen-bond donors (Lipinski definition) is 1. The summed E-state index contributed by atoms with van der Waals surface area (Å²) in [5.74, 6) is 0. The molecule has 0 spiro atoms. The van der Waals surface area contributed by atoms with Gasteiger partial charge in [0.1, 0.15) is 0 Å². The normalized spacial score (nSPS) is 25.7. The summed E-state index contributed by atoms with van der Waals surface area (Å²) in [6.45, 7) is 2.08. The third kappa shape index (κ3) is 2.34. The van der Waals surface area contributed by atoms with Gasteiger partial charge in [-0.2, -0.15) is 5.26 Å². The minimum Gasteiger partial charge on any atom is -0.380 e. The van der Waals surface area contributed by atoms with E-state index in [9.17, 15) is 0 Å². The lowest BCUT2D eigenvalue weighted by atomic mass is 10.1. The van der Waals surface area contributed by atoms with Crippen LogP contribution in [0.4, 0.5) is 0 Å². The highest BCUT2D eigenvalue weighted by molar-refractivity contribution is 4.78. The molecule has 1 saturated heterocycles. The Morgan fingerprint density at radius 3 is 3.20 bits per heavy atom. The summed E-state index contributed by atoms with van der Waals surface area (Å²) in [7, 11) is 0. The first kappa shape index (κ1) is 7.52. The van der Waals surface area contributed by atoms with Gasteiger partial charge in [0.25, 0.3) is 0 Å². The number of nitrogens with zero attached hydrogens (tertiary/aromatic N) is 1. The molecule has 0 aromatic heterocycles. The predicted molar refractivity (Wildman–Crippen MR) is 37.5 cm³/mol. The van der Waals surface area contributed by atoms with Crippen LogP contribution in [-0.2, 0) is 4.74 Å². The fourth-order valence-electron chi connectivity index (χ4n) is 1.09. The van der Waals surface area contributed by atoms with Gasteiger partial charge in [-0.25, -0.2) is 0 Å². The van der Waals surface area contributed by atoms with Gasteiger partial charge >= 0.3 is 0 Å². The molecule has 1 heterocycles. The molecule has 0 saturated carbocycles. The highest BCUT2D eigenvalue weighted by atomic mass is 16.5. The van der Waals surface area contributed by atoms with Crippen LogP contribution in [0.2, 0.25) is 0 Å². The molecule has 0 bridgehead atoms. The van der Waals surface area contributed by atoms with E-state index >= 15 is 0 Å². The van der Waals surface area contributed by atoms with Crippen LogP contribution in [0.15, 0.2) is 0 Å². The predicted octanol–water partition coefficient (Wildman–Crippen LogP) is 0.279. The molecule has 3 heteroatoms. The quantitative estimate of drug-likeness (QED) is 0.560.